The number of benzene rings is 9. The van der Waals surface area contributed by atoms with Crippen molar-refractivity contribution in [1.29, 1.82) is 0 Å². The molecule has 0 saturated heterocycles. The predicted octanol–water partition coefficient (Wildman–Crippen LogP) is 13.7. The van der Waals surface area contributed by atoms with Gasteiger partial charge in [0.15, 0.2) is 0 Å². The van der Waals surface area contributed by atoms with Gasteiger partial charge in [-0.1, -0.05) is 115 Å². The Kier molecular flexibility index (Phi) is 5.11. The molecule has 0 fully saturated rings. The third kappa shape index (κ3) is 3.44. The molecular formula is C50H28N2O. The molecule has 3 heterocycles. The van der Waals surface area contributed by atoms with Crippen molar-refractivity contribution in [3.05, 3.63) is 170 Å². The first-order chi connectivity index (χ1) is 26.3. The monoisotopic (exact) mass is 672 g/mol. The normalized spacial score (nSPS) is 12.5. The summed E-state index contributed by atoms with van der Waals surface area (Å²) in [6.07, 6.45) is 0. The Bertz CT molecular complexity index is 3540. The highest BCUT2D eigenvalue weighted by molar-refractivity contribution is 6.33. The van der Waals surface area contributed by atoms with E-state index in [-0.39, 0.29) is 0 Å². The minimum Gasteiger partial charge on any atom is -0.456 e. The number of para-hydroxylation sites is 2. The van der Waals surface area contributed by atoms with E-state index in [1.54, 1.807) is 0 Å². The second-order valence-corrected chi connectivity index (χ2v) is 14.4. The van der Waals surface area contributed by atoms with Crippen LogP contribution >= 0.6 is 0 Å². The van der Waals surface area contributed by atoms with Crippen molar-refractivity contribution in [2.45, 2.75) is 0 Å². The van der Waals surface area contributed by atoms with Gasteiger partial charge < -0.3 is 13.6 Å². The summed E-state index contributed by atoms with van der Waals surface area (Å²) in [5.41, 5.74) is 14.1. The van der Waals surface area contributed by atoms with Crippen LogP contribution in [0.5, 0.6) is 0 Å². The average molecular weight is 673 g/mol. The molecule has 3 heteroatoms. The Morgan fingerprint density at radius 1 is 0.340 bits per heavy atom. The maximum Gasteiger partial charge on any atom is 0.137 e. The molecule has 12 aromatic rings. The summed E-state index contributed by atoms with van der Waals surface area (Å²) in [7, 11) is 0. The molecule has 9 aromatic carbocycles. The molecule has 244 valence electrons. The lowest BCUT2D eigenvalue weighted by Gasteiger charge is -2.13. The molecule has 0 amide bonds. The van der Waals surface area contributed by atoms with Crippen molar-refractivity contribution < 1.29 is 4.42 Å². The van der Waals surface area contributed by atoms with E-state index in [2.05, 4.69) is 179 Å². The van der Waals surface area contributed by atoms with Crippen molar-refractivity contribution in [3.63, 3.8) is 0 Å². The van der Waals surface area contributed by atoms with E-state index in [0.717, 1.165) is 27.6 Å². The van der Waals surface area contributed by atoms with Crippen molar-refractivity contribution in [1.82, 2.24) is 9.13 Å². The topological polar surface area (TPSA) is 23.0 Å². The summed E-state index contributed by atoms with van der Waals surface area (Å²) < 4.78 is 11.5. The highest BCUT2D eigenvalue weighted by Crippen LogP contribution is 2.50. The molecule has 0 saturated carbocycles. The molecule has 0 bridgehead atoms. The summed E-state index contributed by atoms with van der Waals surface area (Å²) in [4.78, 5) is 0. The molecular weight excluding hydrogens is 645 g/mol. The Morgan fingerprint density at radius 2 is 1.02 bits per heavy atom. The highest BCUT2D eigenvalue weighted by Gasteiger charge is 2.26. The first-order valence-electron chi connectivity index (χ1n) is 18.3. The molecule has 0 radical (unpaired) electrons. The number of hydrogen-bond donors (Lipinski definition) is 0. The van der Waals surface area contributed by atoms with Crippen LogP contribution < -0.4 is 0 Å². The van der Waals surface area contributed by atoms with E-state index in [1.165, 1.54) is 93.1 Å². The van der Waals surface area contributed by atoms with Crippen LogP contribution in [0.2, 0.25) is 0 Å². The Labute approximate surface area is 303 Å². The average Bonchev–Trinajstić information content (AvgIpc) is 3.95. The summed E-state index contributed by atoms with van der Waals surface area (Å²) in [6.45, 7) is 0. The highest BCUT2D eigenvalue weighted by atomic mass is 16.3. The van der Waals surface area contributed by atoms with E-state index < -0.39 is 0 Å². The van der Waals surface area contributed by atoms with E-state index in [4.69, 9.17) is 4.42 Å². The van der Waals surface area contributed by atoms with Crippen molar-refractivity contribution in [2.75, 3.05) is 0 Å². The van der Waals surface area contributed by atoms with Crippen molar-refractivity contribution in [2.24, 2.45) is 0 Å². The maximum absolute atomic E-state index is 6.51. The van der Waals surface area contributed by atoms with Gasteiger partial charge in [-0.2, -0.15) is 0 Å². The first-order valence-corrected chi connectivity index (χ1v) is 18.3. The van der Waals surface area contributed by atoms with Gasteiger partial charge in [0, 0.05) is 38.0 Å². The van der Waals surface area contributed by atoms with Crippen LogP contribution in [0.15, 0.2) is 174 Å². The summed E-state index contributed by atoms with van der Waals surface area (Å²) in [6, 6.07) is 62.2. The summed E-state index contributed by atoms with van der Waals surface area (Å²) >= 11 is 0. The van der Waals surface area contributed by atoms with Gasteiger partial charge in [0.05, 0.1) is 33.1 Å². The van der Waals surface area contributed by atoms with Crippen LogP contribution in [0.3, 0.4) is 0 Å². The number of nitrogens with zero attached hydrogens (tertiary/aromatic N) is 2. The molecule has 0 unspecified atom stereocenters. The molecule has 3 nitrogen and oxygen atoms in total. The molecule has 13 rings (SSSR count). The van der Waals surface area contributed by atoms with Crippen LogP contribution in [0.1, 0.15) is 0 Å². The quantitative estimate of drug-likeness (QED) is 0.179. The molecule has 3 aromatic heterocycles. The molecule has 1 aliphatic carbocycles. The Morgan fingerprint density at radius 3 is 1.91 bits per heavy atom. The van der Waals surface area contributed by atoms with Crippen LogP contribution in [0.25, 0.3) is 121 Å². The van der Waals surface area contributed by atoms with Crippen LogP contribution in [-0.4, -0.2) is 9.13 Å². The minimum atomic E-state index is 0.899. The van der Waals surface area contributed by atoms with E-state index in [1.807, 2.05) is 0 Å². The van der Waals surface area contributed by atoms with Crippen LogP contribution in [-0.2, 0) is 0 Å². The van der Waals surface area contributed by atoms with E-state index in [9.17, 15) is 0 Å². The second kappa shape index (κ2) is 9.81. The lowest BCUT2D eigenvalue weighted by Crippen LogP contribution is -1.96. The van der Waals surface area contributed by atoms with Gasteiger partial charge in [-0.05, 0) is 93.0 Å². The Hall–Kier alpha value is -7.10. The van der Waals surface area contributed by atoms with Crippen molar-refractivity contribution >= 4 is 87.1 Å². The fourth-order valence-corrected chi connectivity index (χ4v) is 9.69. The fourth-order valence-electron chi connectivity index (χ4n) is 9.69. The third-order valence-electron chi connectivity index (χ3n) is 11.8. The zero-order chi connectivity index (χ0) is 34.4. The zero-order valence-corrected chi connectivity index (χ0v) is 28.5. The lowest BCUT2D eigenvalue weighted by atomic mass is 10.0. The summed E-state index contributed by atoms with van der Waals surface area (Å²) in [5.74, 6) is 0. The largest absolute Gasteiger partial charge is 0.456 e. The van der Waals surface area contributed by atoms with Gasteiger partial charge >= 0.3 is 0 Å². The van der Waals surface area contributed by atoms with Gasteiger partial charge in [0.2, 0.25) is 0 Å². The van der Waals surface area contributed by atoms with Gasteiger partial charge in [-0.15, -0.1) is 0 Å². The molecule has 53 heavy (non-hydrogen) atoms. The second-order valence-electron chi connectivity index (χ2n) is 14.4. The number of rotatable bonds is 2. The number of aromatic nitrogens is 2. The van der Waals surface area contributed by atoms with Gasteiger partial charge in [0.25, 0.3) is 0 Å². The standard InChI is InChI=1S/C50H28N2O/c1-2-11-30-28-31(21-20-29(30)10-1)51-42-25-26-43-47(48(42)39-23-27-45-49(50(39)51)38-15-6-8-19-44(38)53-45)37-14-5-7-18-40(37)52(43)41-24-22-35-33-13-4-3-12-32(33)34-16-9-17-36(41)46(34)35/h1-28H. The number of furan rings is 1. The Balaban J connectivity index is 1.21. The molecule has 1 aliphatic rings. The number of fused-ring (bicyclic) bond motifs is 15. The molecule has 0 atom stereocenters. The SMILES string of the molecule is c1ccc2c(c1)-c1cccc3c(-n4c5ccccc5c5c6c7ccc8oc9ccccc9c8c7n(-c7ccc8ccccc8c7)c6ccc54)ccc-2c13. The minimum absolute atomic E-state index is 0.899. The summed E-state index contributed by atoms with van der Waals surface area (Å²) in [5, 5.41) is 12.3. The number of hydrogen-bond acceptors (Lipinski definition) is 1. The smallest absolute Gasteiger partial charge is 0.137 e. The fraction of sp³-hybridized carbons (Fsp3) is 0. The zero-order valence-electron chi connectivity index (χ0n) is 28.5. The van der Waals surface area contributed by atoms with Gasteiger partial charge in [0.1, 0.15) is 11.2 Å². The third-order valence-corrected chi connectivity index (χ3v) is 11.8. The molecule has 0 aliphatic heterocycles. The van der Waals surface area contributed by atoms with Gasteiger partial charge in [-0.3, -0.25) is 0 Å². The predicted molar refractivity (Wildman–Crippen MR) is 222 cm³/mol. The molecule has 0 N–H and O–H groups in total. The van der Waals surface area contributed by atoms with E-state index in [0.29, 0.717) is 0 Å². The first kappa shape index (κ1) is 27.6. The van der Waals surface area contributed by atoms with Crippen LogP contribution in [0.4, 0.5) is 0 Å². The van der Waals surface area contributed by atoms with Crippen molar-refractivity contribution in [3.8, 4) is 33.6 Å². The van der Waals surface area contributed by atoms with Crippen LogP contribution in [0, 0.1) is 0 Å². The van der Waals surface area contributed by atoms with Gasteiger partial charge in [-0.25, -0.2) is 0 Å². The van der Waals surface area contributed by atoms with E-state index >= 15 is 0 Å². The lowest BCUT2D eigenvalue weighted by molar-refractivity contribution is 0.669. The molecule has 0 spiro atoms. The maximum atomic E-state index is 6.51.